The number of carbonyl (C=O) groups excluding carboxylic acids is 1. The van der Waals surface area contributed by atoms with Crippen LogP contribution in [0.5, 0.6) is 0 Å². The first-order valence-electron chi connectivity index (χ1n) is 5.73. The Kier molecular flexibility index (Phi) is 5.94. The number of nitrogens with zero attached hydrogens (tertiary/aromatic N) is 2. The van der Waals surface area contributed by atoms with Crippen LogP contribution >= 0.6 is 0 Å². The average Bonchev–Trinajstić information content (AvgIpc) is 2.87. The Balaban J connectivity index is 2.30. The molecule has 0 aromatic carbocycles. The molecule has 10 nitrogen and oxygen atoms in total. The highest BCUT2D eigenvalue weighted by Crippen LogP contribution is 1.98. The number of aromatic nitrogens is 2. The summed E-state index contributed by atoms with van der Waals surface area (Å²) >= 11 is 0. The summed E-state index contributed by atoms with van der Waals surface area (Å²) in [5.74, 6) is -2.08. The van der Waals surface area contributed by atoms with Crippen molar-refractivity contribution in [3.8, 4) is 0 Å². The lowest BCUT2D eigenvalue weighted by Gasteiger charge is -2.13. The summed E-state index contributed by atoms with van der Waals surface area (Å²) < 4.78 is 4.71. The minimum Gasteiger partial charge on any atom is -0.481 e. The number of amides is 2. The first-order valence-corrected chi connectivity index (χ1v) is 5.73. The number of aliphatic carboxylic acids is 2. The molecule has 1 rings (SSSR count). The van der Waals surface area contributed by atoms with Crippen LogP contribution < -0.4 is 10.6 Å². The highest BCUT2D eigenvalue weighted by atomic mass is 16.5. The SMILES string of the molecule is O=C(O)CCC(NC(=O)NCCc1ncno1)C(=O)O. The predicted molar refractivity (Wildman–Crippen MR) is 62.8 cm³/mol. The first-order chi connectivity index (χ1) is 9.49. The monoisotopic (exact) mass is 286 g/mol. The number of hydrogen-bond acceptors (Lipinski definition) is 6. The third-order valence-corrected chi connectivity index (χ3v) is 2.28. The van der Waals surface area contributed by atoms with E-state index in [9.17, 15) is 14.4 Å². The first kappa shape index (κ1) is 15.4. The van der Waals surface area contributed by atoms with Gasteiger partial charge in [-0.1, -0.05) is 5.16 Å². The quantitative estimate of drug-likeness (QED) is 0.485. The molecule has 0 bridgehead atoms. The second kappa shape index (κ2) is 7.71. The van der Waals surface area contributed by atoms with Gasteiger partial charge in [0.15, 0.2) is 6.33 Å². The maximum atomic E-state index is 11.4. The van der Waals surface area contributed by atoms with Crippen molar-refractivity contribution < 1.29 is 29.1 Å². The van der Waals surface area contributed by atoms with E-state index < -0.39 is 24.0 Å². The molecule has 0 saturated carbocycles. The van der Waals surface area contributed by atoms with Crippen LogP contribution in [0.25, 0.3) is 0 Å². The van der Waals surface area contributed by atoms with Gasteiger partial charge in [-0.15, -0.1) is 0 Å². The highest BCUT2D eigenvalue weighted by Gasteiger charge is 2.20. The van der Waals surface area contributed by atoms with E-state index in [1.165, 1.54) is 6.33 Å². The van der Waals surface area contributed by atoms with Crippen molar-refractivity contribution in [1.82, 2.24) is 20.8 Å². The van der Waals surface area contributed by atoms with E-state index in [1.807, 2.05) is 0 Å². The molecule has 0 aliphatic carbocycles. The fourth-order valence-electron chi connectivity index (χ4n) is 1.32. The summed E-state index contributed by atoms with van der Waals surface area (Å²) in [6.07, 6.45) is 0.989. The lowest BCUT2D eigenvalue weighted by Crippen LogP contribution is -2.46. The van der Waals surface area contributed by atoms with Crippen molar-refractivity contribution in [2.75, 3.05) is 6.54 Å². The van der Waals surface area contributed by atoms with Gasteiger partial charge in [0.25, 0.3) is 0 Å². The zero-order valence-corrected chi connectivity index (χ0v) is 10.4. The van der Waals surface area contributed by atoms with E-state index >= 15 is 0 Å². The number of rotatable bonds is 8. The average molecular weight is 286 g/mol. The Hall–Kier alpha value is -2.65. The van der Waals surface area contributed by atoms with Crippen LogP contribution in [0.2, 0.25) is 0 Å². The lowest BCUT2D eigenvalue weighted by molar-refractivity contribution is -0.140. The number of carboxylic acids is 2. The minimum atomic E-state index is -1.29. The van der Waals surface area contributed by atoms with Crippen LogP contribution in [0.1, 0.15) is 18.7 Å². The van der Waals surface area contributed by atoms with Gasteiger partial charge in [-0.3, -0.25) is 4.79 Å². The molecule has 1 aromatic heterocycles. The summed E-state index contributed by atoms with van der Waals surface area (Å²) in [6.45, 7) is 0.180. The molecular weight excluding hydrogens is 272 g/mol. The van der Waals surface area contributed by atoms with Crippen molar-refractivity contribution in [3.05, 3.63) is 12.2 Å². The topological polar surface area (TPSA) is 155 Å². The van der Waals surface area contributed by atoms with E-state index in [4.69, 9.17) is 14.7 Å². The maximum Gasteiger partial charge on any atom is 0.326 e. The Bertz CT molecular complexity index is 460. The van der Waals surface area contributed by atoms with Crippen molar-refractivity contribution in [3.63, 3.8) is 0 Å². The zero-order chi connectivity index (χ0) is 15.0. The Morgan fingerprint density at radius 1 is 1.35 bits per heavy atom. The van der Waals surface area contributed by atoms with E-state index in [-0.39, 0.29) is 19.4 Å². The van der Waals surface area contributed by atoms with Crippen LogP contribution in [-0.4, -0.2) is 50.9 Å². The standard InChI is InChI=1S/C10H14N4O6/c15-8(16)2-1-6(9(17)18)14-10(19)11-4-3-7-12-5-13-20-7/h5-6H,1-4H2,(H,15,16)(H,17,18)(H2,11,14,19). The van der Waals surface area contributed by atoms with Crippen LogP contribution in [0.15, 0.2) is 10.9 Å². The Morgan fingerprint density at radius 3 is 2.65 bits per heavy atom. The molecular formula is C10H14N4O6. The summed E-state index contributed by atoms with van der Waals surface area (Å²) in [7, 11) is 0. The van der Waals surface area contributed by atoms with Crippen molar-refractivity contribution in [2.24, 2.45) is 0 Å². The van der Waals surface area contributed by atoms with Crippen LogP contribution in [0.3, 0.4) is 0 Å². The number of urea groups is 1. The lowest BCUT2D eigenvalue weighted by atomic mass is 10.1. The van der Waals surface area contributed by atoms with Gasteiger partial charge in [-0.05, 0) is 6.42 Å². The number of nitrogens with one attached hydrogen (secondary N) is 2. The fourth-order valence-corrected chi connectivity index (χ4v) is 1.32. The van der Waals surface area contributed by atoms with Crippen LogP contribution in [0.4, 0.5) is 4.79 Å². The third-order valence-electron chi connectivity index (χ3n) is 2.28. The molecule has 4 N–H and O–H groups in total. The van der Waals surface area contributed by atoms with Crippen molar-refractivity contribution in [2.45, 2.75) is 25.3 Å². The summed E-state index contributed by atoms with van der Waals surface area (Å²) in [5.41, 5.74) is 0. The van der Waals surface area contributed by atoms with Gasteiger partial charge in [0, 0.05) is 19.4 Å². The van der Waals surface area contributed by atoms with Gasteiger partial charge in [0.1, 0.15) is 6.04 Å². The molecule has 1 atom stereocenters. The molecule has 0 radical (unpaired) electrons. The van der Waals surface area contributed by atoms with Gasteiger partial charge in [0.05, 0.1) is 0 Å². The molecule has 0 spiro atoms. The third kappa shape index (κ3) is 5.80. The minimum absolute atomic E-state index is 0.180. The molecule has 110 valence electrons. The van der Waals surface area contributed by atoms with E-state index in [2.05, 4.69) is 20.8 Å². The van der Waals surface area contributed by atoms with E-state index in [1.54, 1.807) is 0 Å². The number of hydrogen-bond donors (Lipinski definition) is 4. The normalized spacial score (nSPS) is 11.6. The Labute approximate surface area is 113 Å². The molecule has 0 aliphatic rings. The van der Waals surface area contributed by atoms with Gasteiger partial charge in [-0.25, -0.2) is 9.59 Å². The molecule has 20 heavy (non-hydrogen) atoms. The second-order valence-corrected chi connectivity index (χ2v) is 3.81. The van der Waals surface area contributed by atoms with Crippen LogP contribution in [-0.2, 0) is 16.0 Å². The maximum absolute atomic E-state index is 11.4. The molecule has 0 saturated heterocycles. The smallest absolute Gasteiger partial charge is 0.326 e. The van der Waals surface area contributed by atoms with E-state index in [0.29, 0.717) is 12.3 Å². The second-order valence-electron chi connectivity index (χ2n) is 3.81. The Morgan fingerprint density at radius 2 is 2.10 bits per heavy atom. The molecule has 2 amide bonds. The highest BCUT2D eigenvalue weighted by molar-refractivity contribution is 5.82. The van der Waals surface area contributed by atoms with Gasteiger partial charge in [0.2, 0.25) is 5.89 Å². The number of carboxylic acid groups (broad SMARTS) is 2. The van der Waals surface area contributed by atoms with Gasteiger partial charge < -0.3 is 25.4 Å². The molecule has 1 unspecified atom stereocenters. The number of carbonyl (C=O) groups is 3. The fraction of sp³-hybridized carbons (Fsp3) is 0.500. The predicted octanol–water partition coefficient (Wildman–Crippen LogP) is -0.771. The molecule has 10 heteroatoms. The van der Waals surface area contributed by atoms with E-state index in [0.717, 1.165) is 0 Å². The van der Waals surface area contributed by atoms with Crippen LogP contribution in [0, 0.1) is 0 Å². The molecule has 1 aromatic rings. The zero-order valence-electron chi connectivity index (χ0n) is 10.4. The largest absolute Gasteiger partial charge is 0.481 e. The molecule has 1 heterocycles. The van der Waals surface area contributed by atoms with Crippen molar-refractivity contribution >= 4 is 18.0 Å². The summed E-state index contributed by atoms with van der Waals surface area (Å²) in [5, 5.41) is 25.3. The summed E-state index contributed by atoms with van der Waals surface area (Å²) in [4.78, 5) is 36.4. The summed E-state index contributed by atoms with van der Waals surface area (Å²) in [6, 6.07) is -1.96. The van der Waals surface area contributed by atoms with Gasteiger partial charge >= 0.3 is 18.0 Å². The van der Waals surface area contributed by atoms with Crippen molar-refractivity contribution in [1.29, 1.82) is 0 Å². The molecule has 0 fully saturated rings. The van der Waals surface area contributed by atoms with Gasteiger partial charge in [-0.2, -0.15) is 4.98 Å². The molecule has 0 aliphatic heterocycles.